The van der Waals surface area contributed by atoms with Crippen molar-refractivity contribution in [3.63, 3.8) is 0 Å². The zero-order valence-corrected chi connectivity index (χ0v) is 15.5. The molecule has 3 rings (SSSR count). The number of methoxy groups -OCH3 is 1. The number of ether oxygens (including phenoxy) is 1. The van der Waals surface area contributed by atoms with Crippen molar-refractivity contribution < 1.29 is 9.84 Å². The van der Waals surface area contributed by atoms with Crippen LogP contribution in [0.2, 0.25) is 0 Å². The summed E-state index contributed by atoms with van der Waals surface area (Å²) in [5.41, 5.74) is 0.198. The van der Waals surface area contributed by atoms with Crippen molar-refractivity contribution in [2.45, 2.75) is 25.7 Å². The van der Waals surface area contributed by atoms with Crippen molar-refractivity contribution in [1.82, 2.24) is 14.6 Å². The lowest BCUT2D eigenvalue weighted by Crippen LogP contribution is -2.21. The molecular weight excluding hydrogens is 352 g/mol. The van der Waals surface area contributed by atoms with Crippen LogP contribution < -0.4 is 10.3 Å². The molecule has 1 saturated heterocycles. The zero-order valence-electron chi connectivity index (χ0n) is 14.6. The van der Waals surface area contributed by atoms with Gasteiger partial charge in [-0.25, -0.2) is 0 Å². The highest BCUT2D eigenvalue weighted by atomic mass is 32.1. The molecule has 0 saturated carbocycles. The van der Waals surface area contributed by atoms with E-state index in [0.29, 0.717) is 11.4 Å². The van der Waals surface area contributed by atoms with Gasteiger partial charge in [0.1, 0.15) is 11.3 Å². The largest absolute Gasteiger partial charge is 0.497 e. The number of nitrogens with one attached hydrogen (secondary N) is 1. The Bertz CT molecular complexity index is 911. The Balaban J connectivity index is 2.01. The molecule has 2 N–H and O–H groups in total. The van der Waals surface area contributed by atoms with Crippen LogP contribution in [0.5, 0.6) is 11.6 Å². The zero-order chi connectivity index (χ0) is 18.5. The van der Waals surface area contributed by atoms with Crippen molar-refractivity contribution in [1.29, 1.82) is 0 Å². The van der Waals surface area contributed by atoms with Crippen LogP contribution in [0.25, 0.3) is 5.69 Å². The van der Waals surface area contributed by atoms with Crippen LogP contribution in [0.1, 0.15) is 31.2 Å². The first-order valence-corrected chi connectivity index (χ1v) is 9.02. The number of hydrogen-bond acceptors (Lipinski definition) is 6. The van der Waals surface area contributed by atoms with Crippen molar-refractivity contribution in [2.24, 2.45) is 5.10 Å². The molecule has 7 nitrogen and oxygen atoms in total. The van der Waals surface area contributed by atoms with Crippen LogP contribution in [0.3, 0.4) is 0 Å². The minimum atomic E-state index is -0.467. The first-order chi connectivity index (χ1) is 12.6. The summed E-state index contributed by atoms with van der Waals surface area (Å²) >= 11 is 5.23. The van der Waals surface area contributed by atoms with Gasteiger partial charge in [0.15, 0.2) is 4.77 Å². The van der Waals surface area contributed by atoms with E-state index in [2.05, 4.69) is 10.1 Å². The Hall–Kier alpha value is -2.61. The standard InChI is InChI=1S/C18H22N4O3S/c1-25-14-8-6-7-13(11-14)22-17(24)15(16(23)20-18(22)26)12-19-21-9-4-2-3-5-10-21/h6-8,11-12,24H,2-5,9-10H2,1H3,(H,20,23,26)/b19-12+. The van der Waals surface area contributed by atoms with Gasteiger partial charge in [-0.2, -0.15) is 5.10 Å². The van der Waals surface area contributed by atoms with Gasteiger partial charge in [-0.3, -0.25) is 19.4 Å². The van der Waals surface area contributed by atoms with Gasteiger partial charge in [0.25, 0.3) is 5.56 Å². The number of aromatic nitrogens is 2. The van der Waals surface area contributed by atoms with Crippen LogP contribution in [0.4, 0.5) is 0 Å². The molecule has 0 aliphatic carbocycles. The lowest BCUT2D eigenvalue weighted by atomic mass is 10.2. The second-order valence-electron chi connectivity index (χ2n) is 6.15. The maximum absolute atomic E-state index is 12.3. The quantitative estimate of drug-likeness (QED) is 0.635. The molecule has 2 heterocycles. The second-order valence-corrected chi connectivity index (χ2v) is 6.53. The minimum absolute atomic E-state index is 0.0747. The Morgan fingerprint density at radius 2 is 2.00 bits per heavy atom. The molecule has 2 aromatic rings. The van der Waals surface area contributed by atoms with Gasteiger partial charge in [-0.15, -0.1) is 0 Å². The van der Waals surface area contributed by atoms with E-state index in [0.717, 1.165) is 25.9 Å². The fraction of sp³-hybridized carbons (Fsp3) is 0.389. The van der Waals surface area contributed by atoms with E-state index in [9.17, 15) is 9.90 Å². The van der Waals surface area contributed by atoms with Crippen molar-refractivity contribution in [3.8, 4) is 17.3 Å². The van der Waals surface area contributed by atoms with Gasteiger partial charge >= 0.3 is 0 Å². The summed E-state index contributed by atoms with van der Waals surface area (Å²) in [6.07, 6.45) is 5.95. The van der Waals surface area contributed by atoms with Crippen molar-refractivity contribution in [3.05, 3.63) is 45.0 Å². The van der Waals surface area contributed by atoms with Crippen molar-refractivity contribution in [2.75, 3.05) is 20.2 Å². The summed E-state index contributed by atoms with van der Waals surface area (Å²) in [5, 5.41) is 17.0. The van der Waals surface area contributed by atoms with E-state index in [-0.39, 0.29) is 16.2 Å². The molecule has 1 aliphatic heterocycles. The highest BCUT2D eigenvalue weighted by molar-refractivity contribution is 7.71. The summed E-state index contributed by atoms with van der Waals surface area (Å²) < 4.78 is 6.71. The molecule has 8 heteroatoms. The average Bonchev–Trinajstić information content (AvgIpc) is 2.90. The molecule has 1 aromatic heterocycles. The van der Waals surface area contributed by atoms with Crippen LogP contribution in [-0.2, 0) is 0 Å². The fourth-order valence-electron chi connectivity index (χ4n) is 2.95. The molecule has 0 amide bonds. The number of aromatic hydroxyl groups is 1. The van der Waals surface area contributed by atoms with Gasteiger partial charge in [0.05, 0.1) is 19.0 Å². The van der Waals surface area contributed by atoms with Gasteiger partial charge < -0.3 is 9.84 Å². The molecule has 0 unspecified atom stereocenters. The Morgan fingerprint density at radius 3 is 2.69 bits per heavy atom. The monoisotopic (exact) mass is 374 g/mol. The number of rotatable bonds is 4. The van der Waals surface area contributed by atoms with Gasteiger partial charge in [-0.1, -0.05) is 18.9 Å². The third kappa shape index (κ3) is 3.96. The highest BCUT2D eigenvalue weighted by Gasteiger charge is 2.14. The molecule has 26 heavy (non-hydrogen) atoms. The minimum Gasteiger partial charge on any atom is -0.497 e. The molecule has 0 spiro atoms. The van der Waals surface area contributed by atoms with Crippen LogP contribution in [0.15, 0.2) is 34.2 Å². The Labute approximate surface area is 156 Å². The molecule has 0 radical (unpaired) electrons. The summed E-state index contributed by atoms with van der Waals surface area (Å²) in [5.74, 6) is 0.375. The van der Waals surface area contributed by atoms with Crippen LogP contribution in [0, 0.1) is 4.77 Å². The molecule has 1 fully saturated rings. The average molecular weight is 374 g/mol. The third-order valence-corrected chi connectivity index (χ3v) is 4.65. The van der Waals surface area contributed by atoms with E-state index in [4.69, 9.17) is 17.0 Å². The lowest BCUT2D eigenvalue weighted by Gasteiger charge is -2.16. The summed E-state index contributed by atoms with van der Waals surface area (Å²) in [4.78, 5) is 14.9. The number of hydrogen-bond donors (Lipinski definition) is 2. The van der Waals surface area contributed by atoms with E-state index in [1.54, 1.807) is 31.4 Å². The van der Waals surface area contributed by atoms with Gasteiger partial charge in [0.2, 0.25) is 5.88 Å². The summed E-state index contributed by atoms with van der Waals surface area (Å²) in [6.45, 7) is 1.70. The predicted molar refractivity (Wildman–Crippen MR) is 103 cm³/mol. The molecule has 138 valence electrons. The van der Waals surface area contributed by atoms with Crippen molar-refractivity contribution >= 4 is 18.4 Å². The number of nitrogens with zero attached hydrogens (tertiary/aromatic N) is 3. The van der Waals surface area contributed by atoms with Gasteiger partial charge in [-0.05, 0) is 37.2 Å². The maximum atomic E-state index is 12.3. The fourth-order valence-corrected chi connectivity index (χ4v) is 3.24. The molecule has 0 bridgehead atoms. The number of hydrazone groups is 1. The molecule has 0 atom stereocenters. The SMILES string of the molecule is COc1cccc(-n2c(O)c(/C=N/N3CCCCCC3)c(=O)[nH]c2=S)c1. The van der Waals surface area contributed by atoms with E-state index in [1.807, 2.05) is 5.01 Å². The van der Waals surface area contributed by atoms with E-state index < -0.39 is 5.56 Å². The van der Waals surface area contributed by atoms with Crippen LogP contribution in [-0.4, -0.2) is 46.1 Å². The van der Waals surface area contributed by atoms with E-state index >= 15 is 0 Å². The molecule has 1 aliphatic rings. The normalized spacial score (nSPS) is 15.2. The summed E-state index contributed by atoms with van der Waals surface area (Å²) in [6, 6.07) is 7.07. The number of H-pyrrole nitrogens is 1. The predicted octanol–water partition coefficient (Wildman–Crippen LogP) is 2.82. The first kappa shape index (κ1) is 18.2. The molecular formula is C18H22N4O3S. The topological polar surface area (TPSA) is 82.8 Å². The Kier molecular flexibility index (Phi) is 5.72. The molecule has 1 aromatic carbocycles. The van der Waals surface area contributed by atoms with E-state index in [1.165, 1.54) is 23.6 Å². The lowest BCUT2D eigenvalue weighted by molar-refractivity contribution is 0.302. The second kappa shape index (κ2) is 8.18. The smallest absolute Gasteiger partial charge is 0.264 e. The van der Waals surface area contributed by atoms with Crippen LogP contribution >= 0.6 is 12.2 Å². The highest BCUT2D eigenvalue weighted by Crippen LogP contribution is 2.22. The van der Waals surface area contributed by atoms with Gasteiger partial charge in [0, 0.05) is 19.2 Å². The third-order valence-electron chi connectivity index (χ3n) is 4.36. The number of benzene rings is 1. The summed E-state index contributed by atoms with van der Waals surface area (Å²) in [7, 11) is 1.56. The number of aromatic amines is 1. The Morgan fingerprint density at radius 1 is 1.27 bits per heavy atom. The first-order valence-electron chi connectivity index (χ1n) is 8.62. The maximum Gasteiger partial charge on any atom is 0.264 e.